The number of nitrogens with two attached hydrogens (primary N) is 18. The van der Waals surface area contributed by atoms with E-state index in [1.165, 1.54) is 9.80 Å². The third kappa shape index (κ3) is 42.7. The van der Waals surface area contributed by atoms with Crippen molar-refractivity contribution >= 4 is 124 Å². The van der Waals surface area contributed by atoms with Gasteiger partial charge in [0.25, 0.3) is 0 Å². The predicted octanol–water partition coefficient (Wildman–Crippen LogP) is -13.6. The standard InChI is InChI=1S/C70H132N36O15/c71-27-3-1-13-40(97-54(111)39(95-52(109)37-73)15-5-29-89-65(77)78)55(112)98-41(14-2-4-28-72)56(113)99-42(16-6-30-90-66(79)80)57(114)100-44(18-8-32-92-68(83)84)59(116)103-46(24-26-51(75)108)61(118)102-43(17-7-31-91-67(81)82)58(115)101-45(19-9-33-93-69(85)86)60(117)104-47(20-10-34-94-70(87)88)63(120)106-36-12-22-49(106)64(121)105-35-11-21-48(105)62(119)96-38(53(76)110)23-25-50(74)107/h38-49H,1-37,71-73H2,(H2,74,107)(H2,75,108)(H2,76,110)(H,95,109)(H,96,119)(H,97,111)(H,98,112)(H,99,113)(H,100,114)(H,101,115)(H,102,118)(H,103,116)(H,104,117)(H4,77,78,89)(H4,79,80,90)(H4,81,82,91)(H4,83,84,92)(H4,85,86,93)(H4,87,88,94)/t38-,39-,40-,41-,42-,43-,44-,45-,46-,47-,48-,49-/m0/s1. The normalized spacial score (nSPS) is 15.9. The molecule has 0 aromatic carbocycles. The van der Waals surface area contributed by atoms with Crippen LogP contribution in [0.25, 0.3) is 0 Å². The Labute approximate surface area is 701 Å². The Hall–Kier alpha value is -12.4. The van der Waals surface area contributed by atoms with Crippen LogP contribution in [0.2, 0.25) is 0 Å². The predicted molar refractivity (Wildman–Crippen MR) is 449 cm³/mol. The van der Waals surface area contributed by atoms with Gasteiger partial charge < -0.3 is 166 Å². The molecule has 2 aliphatic rings. The van der Waals surface area contributed by atoms with Crippen LogP contribution in [0.4, 0.5) is 0 Å². The van der Waals surface area contributed by atoms with Crippen molar-refractivity contribution in [1.82, 2.24) is 63.0 Å². The summed E-state index contributed by atoms with van der Waals surface area (Å²) >= 11 is 0. The quantitative estimate of drug-likeness (QED) is 0.0153. The minimum atomic E-state index is -1.78. The van der Waals surface area contributed by atoms with E-state index in [0.717, 1.165) is 0 Å². The van der Waals surface area contributed by atoms with Crippen LogP contribution in [0.1, 0.15) is 167 Å². The summed E-state index contributed by atoms with van der Waals surface area (Å²) in [4.78, 5) is 236. The average molecular weight is 1720 g/mol. The Morgan fingerprint density at radius 2 is 0.545 bits per heavy atom. The molecule has 2 rings (SSSR count). The fourth-order valence-electron chi connectivity index (χ4n) is 13.0. The first-order valence-corrected chi connectivity index (χ1v) is 40.3. The Morgan fingerprint density at radius 3 is 0.826 bits per heavy atom. The number of rotatable bonds is 61. The number of guanidine groups is 6. The van der Waals surface area contributed by atoms with Crippen LogP contribution in [-0.4, -0.2) is 279 Å². The maximum Gasteiger partial charge on any atom is 0.246 e. The Balaban J connectivity index is 2.76. The molecule has 0 aromatic rings. The molecule has 0 saturated carbocycles. The molecule has 0 unspecified atom stereocenters. The van der Waals surface area contributed by atoms with E-state index in [2.05, 4.69) is 83.1 Å². The summed E-state index contributed by atoms with van der Waals surface area (Å²) in [5.74, 6) is -15.0. The van der Waals surface area contributed by atoms with E-state index in [4.69, 9.17) is 103 Å². The van der Waals surface area contributed by atoms with E-state index in [1.54, 1.807) is 0 Å². The number of amides is 15. The zero-order chi connectivity index (χ0) is 90.7. The second kappa shape index (κ2) is 57.6. The molecular weight excluding hydrogens is 1590 g/mol. The first kappa shape index (κ1) is 105. The first-order chi connectivity index (χ1) is 57.3. The van der Waals surface area contributed by atoms with E-state index in [9.17, 15) is 67.1 Å². The van der Waals surface area contributed by atoms with E-state index in [0.29, 0.717) is 32.1 Å². The summed E-state index contributed by atoms with van der Waals surface area (Å²) < 4.78 is 0. The second-order valence-electron chi connectivity index (χ2n) is 28.9. The Kier molecular flexibility index (Phi) is 49.8. The zero-order valence-electron chi connectivity index (χ0n) is 68.7. The third-order valence-corrected chi connectivity index (χ3v) is 19.1. The molecule has 2 fully saturated rings. The fourth-order valence-corrected chi connectivity index (χ4v) is 13.0. The van der Waals surface area contributed by atoms with Gasteiger partial charge in [-0.3, -0.25) is 102 Å². The lowest BCUT2D eigenvalue weighted by Crippen LogP contribution is -2.61. The van der Waals surface area contributed by atoms with Crippen LogP contribution in [0.15, 0.2) is 30.0 Å². The number of unbranched alkanes of at least 4 members (excludes halogenated alkanes) is 2. The molecule has 0 aromatic heterocycles. The topological polar surface area (TPSA) is 925 Å². The summed E-state index contributed by atoms with van der Waals surface area (Å²) in [6.07, 6.45) is -0.391. The Bertz CT molecular complexity index is 3600. The molecule has 12 atom stereocenters. The molecule has 0 spiro atoms. The van der Waals surface area contributed by atoms with Gasteiger partial charge in [-0.2, -0.15) is 0 Å². The monoisotopic (exact) mass is 1720 g/mol. The van der Waals surface area contributed by atoms with Crippen molar-refractivity contribution in [3.63, 3.8) is 0 Å². The van der Waals surface area contributed by atoms with Crippen LogP contribution < -0.4 is 156 Å². The van der Waals surface area contributed by atoms with Gasteiger partial charge >= 0.3 is 0 Å². The summed E-state index contributed by atoms with van der Waals surface area (Å²) in [5.41, 5.74) is 101. The van der Waals surface area contributed by atoms with Crippen LogP contribution in [0.3, 0.4) is 0 Å². The number of hydrogen-bond donors (Lipinski definition) is 28. The molecule has 121 heavy (non-hydrogen) atoms. The highest BCUT2D eigenvalue weighted by Crippen LogP contribution is 2.27. The molecule has 0 radical (unpaired) electrons. The average Bonchev–Trinajstić information content (AvgIpc) is 1.67. The van der Waals surface area contributed by atoms with Gasteiger partial charge in [0.15, 0.2) is 35.8 Å². The Morgan fingerprint density at radius 1 is 0.289 bits per heavy atom. The van der Waals surface area contributed by atoms with Gasteiger partial charge in [0.05, 0.1) is 6.54 Å². The molecule has 0 aliphatic carbocycles. The summed E-state index contributed by atoms with van der Waals surface area (Å²) in [5, 5.41) is 26.2. The molecule has 2 saturated heterocycles. The molecule has 46 N–H and O–H groups in total. The van der Waals surface area contributed by atoms with Crippen molar-refractivity contribution in [1.29, 1.82) is 0 Å². The van der Waals surface area contributed by atoms with E-state index < -0.39 is 180 Å². The van der Waals surface area contributed by atoms with Crippen LogP contribution in [0, 0.1) is 0 Å². The number of hydrogen-bond acceptors (Lipinski definition) is 24. The maximum absolute atomic E-state index is 15.0. The van der Waals surface area contributed by atoms with Gasteiger partial charge in [0.1, 0.15) is 72.5 Å². The largest absolute Gasteiger partial charge is 0.370 e. The molecule has 15 amide bonds. The second-order valence-corrected chi connectivity index (χ2v) is 28.9. The SMILES string of the molecule is NCCCC[C@H](NC(=O)[C@H](CCCN=C(N)N)NC(=O)CN)C(=O)N[C@@H](CCCCN)C(=O)N[C@@H](CCCN=C(N)N)C(=O)N[C@@H](CCCN=C(N)N)C(=O)N[C@@H](CCC(N)=O)C(=O)N[C@@H](CCCN=C(N)N)C(=O)N[C@@H](CCCN=C(N)N)C(=O)N[C@@H](CCCN=C(N)N)C(=O)N1CCC[C@H]1C(=O)N1CCC[C@H]1C(=O)N[C@@H](CCC(N)=O)C(N)=O. The van der Waals surface area contributed by atoms with E-state index in [1.807, 2.05) is 0 Å². The molecule has 51 heteroatoms. The lowest BCUT2D eigenvalue weighted by molar-refractivity contribution is -0.148. The zero-order valence-corrected chi connectivity index (χ0v) is 68.7. The maximum atomic E-state index is 15.0. The molecular formula is C70H132N36O15. The fraction of sp³-hybridized carbons (Fsp3) is 0.700. The number of carbonyl (C=O) groups is 15. The molecule has 0 bridgehead atoms. The van der Waals surface area contributed by atoms with Gasteiger partial charge in [0, 0.05) is 65.2 Å². The summed E-state index contributed by atoms with van der Waals surface area (Å²) in [6.45, 7) is -0.383. The van der Waals surface area contributed by atoms with Crippen molar-refractivity contribution in [2.45, 2.75) is 239 Å². The van der Waals surface area contributed by atoms with Gasteiger partial charge in [-0.15, -0.1) is 0 Å². The van der Waals surface area contributed by atoms with Crippen molar-refractivity contribution in [3.05, 3.63) is 0 Å². The first-order valence-electron chi connectivity index (χ1n) is 40.3. The smallest absolute Gasteiger partial charge is 0.246 e. The molecule has 682 valence electrons. The number of nitrogens with zero attached hydrogens (tertiary/aromatic N) is 8. The van der Waals surface area contributed by atoms with E-state index in [-0.39, 0.29) is 223 Å². The number of nitrogens with one attached hydrogen (secondary N) is 10. The highest BCUT2D eigenvalue weighted by Gasteiger charge is 2.45. The number of aliphatic imine (C=N–C) groups is 6. The lowest BCUT2D eigenvalue weighted by atomic mass is 10.0. The van der Waals surface area contributed by atoms with Crippen molar-refractivity contribution in [3.8, 4) is 0 Å². The van der Waals surface area contributed by atoms with Gasteiger partial charge in [-0.05, 0) is 167 Å². The van der Waals surface area contributed by atoms with Crippen LogP contribution in [0.5, 0.6) is 0 Å². The van der Waals surface area contributed by atoms with Gasteiger partial charge in [0.2, 0.25) is 88.6 Å². The minimum Gasteiger partial charge on any atom is -0.370 e. The van der Waals surface area contributed by atoms with Crippen LogP contribution in [-0.2, 0) is 71.9 Å². The number of likely N-dealkylation sites (tertiary alicyclic amines) is 2. The molecule has 2 heterocycles. The third-order valence-electron chi connectivity index (χ3n) is 19.1. The summed E-state index contributed by atoms with van der Waals surface area (Å²) in [6, 6.07) is -17.2. The van der Waals surface area contributed by atoms with Gasteiger partial charge in [-0.1, -0.05) is 0 Å². The number of primary amides is 3. The minimum absolute atomic E-state index is 0.00196. The highest BCUT2D eigenvalue weighted by atomic mass is 16.2. The van der Waals surface area contributed by atoms with Crippen molar-refractivity contribution in [2.24, 2.45) is 133 Å². The van der Waals surface area contributed by atoms with Crippen molar-refractivity contribution < 1.29 is 71.9 Å². The summed E-state index contributed by atoms with van der Waals surface area (Å²) in [7, 11) is 0. The van der Waals surface area contributed by atoms with Crippen LogP contribution >= 0.6 is 0 Å². The van der Waals surface area contributed by atoms with Crippen molar-refractivity contribution in [2.75, 3.05) is 72.0 Å². The van der Waals surface area contributed by atoms with Gasteiger partial charge in [-0.25, -0.2) is 0 Å². The molecule has 2 aliphatic heterocycles. The van der Waals surface area contributed by atoms with E-state index >= 15 is 4.79 Å². The molecule has 51 nitrogen and oxygen atoms in total. The lowest BCUT2D eigenvalue weighted by Gasteiger charge is -2.33. The number of carbonyl (C=O) groups excluding carboxylic acids is 15. The highest BCUT2D eigenvalue weighted by molar-refractivity contribution is 6.00.